The van der Waals surface area contributed by atoms with E-state index in [1.165, 1.54) is 34.1 Å². The third kappa shape index (κ3) is 4.96. The lowest BCUT2D eigenvalue weighted by atomic mass is 10.2. The Hall–Kier alpha value is -2.52. The number of hydrogen-bond donors (Lipinski definition) is 0. The molecular formula is C21H20F2N2O3S2. The molecule has 0 aliphatic carbocycles. The summed E-state index contributed by atoms with van der Waals surface area (Å²) in [4.78, 5) is 31.3. The first-order chi connectivity index (χ1) is 14.4. The quantitative estimate of drug-likeness (QED) is 0.350. The van der Waals surface area contributed by atoms with E-state index < -0.39 is 17.6 Å². The number of para-hydroxylation sites is 1. The molecule has 0 saturated carbocycles. The molecule has 0 fully saturated rings. The number of ether oxygens (including phenoxy) is 1. The number of thiazole rings is 1. The molecule has 2 aromatic carbocycles. The lowest BCUT2D eigenvalue weighted by Gasteiger charge is -2.24. The number of benzene rings is 2. The molecule has 1 heterocycles. The summed E-state index contributed by atoms with van der Waals surface area (Å²) in [7, 11) is 0. The Morgan fingerprint density at radius 2 is 1.93 bits per heavy atom. The molecule has 0 unspecified atom stereocenters. The van der Waals surface area contributed by atoms with Crippen LogP contribution >= 0.6 is 23.1 Å². The molecule has 9 heteroatoms. The zero-order chi connectivity index (χ0) is 21.7. The summed E-state index contributed by atoms with van der Waals surface area (Å²) in [5.74, 6) is -2.69. The summed E-state index contributed by atoms with van der Waals surface area (Å²) in [6.45, 7) is 2.04. The summed E-state index contributed by atoms with van der Waals surface area (Å²) in [5.41, 5.74) is 0.622. The smallest absolute Gasteiger partial charge is 0.306 e. The molecule has 158 valence electrons. The first-order valence-corrected chi connectivity index (χ1v) is 11.3. The van der Waals surface area contributed by atoms with Gasteiger partial charge < -0.3 is 9.64 Å². The van der Waals surface area contributed by atoms with Crippen molar-refractivity contribution in [1.82, 2.24) is 4.98 Å². The van der Waals surface area contributed by atoms with Crippen molar-refractivity contribution in [3.63, 3.8) is 0 Å². The molecule has 0 saturated heterocycles. The number of rotatable bonds is 8. The first kappa shape index (κ1) is 22.2. The number of fused-ring (bicyclic) bond motifs is 1. The van der Waals surface area contributed by atoms with Crippen LogP contribution in [0.2, 0.25) is 0 Å². The van der Waals surface area contributed by atoms with E-state index in [9.17, 15) is 18.4 Å². The Bertz CT molecular complexity index is 1070. The molecular weight excluding hydrogens is 430 g/mol. The van der Waals surface area contributed by atoms with Gasteiger partial charge >= 0.3 is 5.97 Å². The summed E-state index contributed by atoms with van der Waals surface area (Å²) >= 11 is 2.68. The van der Waals surface area contributed by atoms with Crippen LogP contribution in [0.4, 0.5) is 14.5 Å². The van der Waals surface area contributed by atoms with Crippen molar-refractivity contribution in [2.75, 3.05) is 17.8 Å². The van der Waals surface area contributed by atoms with Crippen molar-refractivity contribution in [1.29, 1.82) is 0 Å². The maximum Gasteiger partial charge on any atom is 0.306 e. The number of anilines is 1. The lowest BCUT2D eigenvalue weighted by molar-refractivity contribution is -0.144. The van der Waals surface area contributed by atoms with Gasteiger partial charge in [0.2, 0.25) is 5.91 Å². The highest BCUT2D eigenvalue weighted by Crippen LogP contribution is 2.32. The fraction of sp³-hybridized carbons (Fsp3) is 0.286. The van der Waals surface area contributed by atoms with Gasteiger partial charge in [0.05, 0.1) is 30.0 Å². The van der Waals surface area contributed by atoms with E-state index in [-0.39, 0.29) is 37.4 Å². The van der Waals surface area contributed by atoms with Crippen LogP contribution in [-0.2, 0) is 20.9 Å². The highest BCUT2D eigenvalue weighted by Gasteiger charge is 2.22. The number of nitrogens with zero attached hydrogens (tertiary/aromatic N) is 2. The van der Waals surface area contributed by atoms with Gasteiger partial charge in [0.25, 0.3) is 0 Å². The second kappa shape index (κ2) is 9.99. The van der Waals surface area contributed by atoms with Crippen LogP contribution < -0.4 is 4.90 Å². The maximum absolute atomic E-state index is 14.1. The Morgan fingerprint density at radius 3 is 2.67 bits per heavy atom. The average Bonchev–Trinajstić information content (AvgIpc) is 3.17. The second-order valence-corrected chi connectivity index (χ2v) is 8.24. The third-order valence-corrected chi connectivity index (χ3v) is 6.11. The van der Waals surface area contributed by atoms with Gasteiger partial charge in [-0.25, -0.2) is 13.8 Å². The minimum absolute atomic E-state index is 0.0323. The van der Waals surface area contributed by atoms with Gasteiger partial charge in [0.1, 0.15) is 10.5 Å². The van der Waals surface area contributed by atoms with E-state index >= 15 is 0 Å². The highest BCUT2D eigenvalue weighted by molar-refractivity contribution is 7.98. The zero-order valence-electron chi connectivity index (χ0n) is 16.5. The van der Waals surface area contributed by atoms with Crippen LogP contribution in [0, 0.1) is 11.6 Å². The fourth-order valence-corrected chi connectivity index (χ4v) is 4.48. The van der Waals surface area contributed by atoms with Crippen molar-refractivity contribution >= 4 is 50.9 Å². The molecule has 5 nitrogen and oxygen atoms in total. The van der Waals surface area contributed by atoms with E-state index in [1.807, 2.05) is 30.5 Å². The summed E-state index contributed by atoms with van der Waals surface area (Å²) in [6.07, 6.45) is 1.83. The molecule has 0 N–H and O–H groups in total. The van der Waals surface area contributed by atoms with Crippen molar-refractivity contribution < 1.29 is 23.1 Å². The van der Waals surface area contributed by atoms with Crippen LogP contribution in [0.25, 0.3) is 10.2 Å². The fourth-order valence-electron chi connectivity index (χ4n) is 2.92. The molecule has 1 amide bonds. The molecule has 3 aromatic rings. The van der Waals surface area contributed by atoms with Gasteiger partial charge in [-0.1, -0.05) is 12.1 Å². The van der Waals surface area contributed by atoms with E-state index in [0.29, 0.717) is 15.4 Å². The third-order valence-electron chi connectivity index (χ3n) is 4.31. The van der Waals surface area contributed by atoms with Crippen molar-refractivity contribution in [3.05, 3.63) is 53.0 Å². The average molecular weight is 451 g/mol. The molecule has 0 radical (unpaired) electrons. The standard InChI is InChI=1S/C21H20F2N2O3S2/c1-3-28-19(27)11-10-18(26)25(14-6-4-5-7-15(14)29-2)12-17-24-21-16(30-17)9-8-13(22)20(21)23/h4-9H,3,10-12H2,1-2H3. The predicted octanol–water partition coefficient (Wildman–Crippen LogP) is 5.17. The van der Waals surface area contributed by atoms with Crippen LogP contribution in [0.15, 0.2) is 41.3 Å². The maximum atomic E-state index is 14.1. The van der Waals surface area contributed by atoms with E-state index in [4.69, 9.17) is 4.74 Å². The van der Waals surface area contributed by atoms with E-state index in [2.05, 4.69) is 4.98 Å². The first-order valence-electron chi connectivity index (χ1n) is 9.27. The molecule has 3 rings (SSSR count). The molecule has 0 bridgehead atoms. The molecule has 30 heavy (non-hydrogen) atoms. The summed E-state index contributed by atoms with van der Waals surface area (Å²) in [5, 5.41) is 0.467. The summed E-state index contributed by atoms with van der Waals surface area (Å²) in [6, 6.07) is 9.91. The number of carbonyl (C=O) groups excluding carboxylic acids is 2. The lowest BCUT2D eigenvalue weighted by Crippen LogP contribution is -2.31. The molecule has 0 aliphatic rings. The number of thioether (sulfide) groups is 1. The Morgan fingerprint density at radius 1 is 1.17 bits per heavy atom. The minimum Gasteiger partial charge on any atom is -0.466 e. The Kier molecular flexibility index (Phi) is 7.38. The van der Waals surface area contributed by atoms with Gasteiger partial charge in [-0.3, -0.25) is 9.59 Å². The highest BCUT2D eigenvalue weighted by atomic mass is 32.2. The normalized spacial score (nSPS) is 10.9. The number of carbonyl (C=O) groups is 2. The van der Waals surface area contributed by atoms with Crippen molar-refractivity contribution in [3.8, 4) is 0 Å². The molecule has 0 atom stereocenters. The number of aromatic nitrogens is 1. The Balaban J connectivity index is 1.92. The van der Waals surface area contributed by atoms with E-state index in [0.717, 1.165) is 11.0 Å². The topological polar surface area (TPSA) is 59.5 Å². The summed E-state index contributed by atoms with van der Waals surface area (Å²) < 4.78 is 33.0. The van der Waals surface area contributed by atoms with Gasteiger partial charge in [0, 0.05) is 11.3 Å². The van der Waals surface area contributed by atoms with Crippen molar-refractivity contribution in [2.45, 2.75) is 31.2 Å². The van der Waals surface area contributed by atoms with Gasteiger partial charge in [-0.15, -0.1) is 23.1 Å². The predicted molar refractivity (Wildman–Crippen MR) is 115 cm³/mol. The van der Waals surface area contributed by atoms with E-state index in [1.54, 1.807) is 6.92 Å². The Labute approximate surface area is 181 Å². The number of amides is 1. The number of hydrogen-bond acceptors (Lipinski definition) is 6. The van der Waals surface area contributed by atoms with Gasteiger partial charge in [0.15, 0.2) is 11.6 Å². The van der Waals surface area contributed by atoms with Crippen LogP contribution in [0.1, 0.15) is 24.8 Å². The SMILES string of the molecule is CCOC(=O)CCC(=O)N(Cc1nc2c(F)c(F)ccc2s1)c1ccccc1SC. The zero-order valence-corrected chi connectivity index (χ0v) is 18.1. The number of halogens is 2. The van der Waals surface area contributed by atoms with Crippen LogP contribution in [0.3, 0.4) is 0 Å². The monoisotopic (exact) mass is 450 g/mol. The molecule has 0 spiro atoms. The minimum atomic E-state index is -1.00. The van der Waals surface area contributed by atoms with Gasteiger partial charge in [-0.05, 0) is 37.4 Å². The number of esters is 1. The molecule has 0 aliphatic heterocycles. The van der Waals surface area contributed by atoms with Crippen LogP contribution in [0.5, 0.6) is 0 Å². The second-order valence-electron chi connectivity index (χ2n) is 6.27. The van der Waals surface area contributed by atoms with Crippen molar-refractivity contribution in [2.24, 2.45) is 0 Å². The van der Waals surface area contributed by atoms with Gasteiger partial charge in [-0.2, -0.15) is 0 Å². The van der Waals surface area contributed by atoms with Crippen LogP contribution in [-0.4, -0.2) is 29.7 Å². The largest absolute Gasteiger partial charge is 0.466 e. The molecule has 1 aromatic heterocycles.